The molecule has 2 fully saturated rings. The maximum absolute atomic E-state index is 6.02. The van der Waals surface area contributed by atoms with E-state index in [9.17, 15) is 0 Å². The number of nitrogens with one attached hydrogen (secondary N) is 1. The fourth-order valence-corrected chi connectivity index (χ4v) is 2.73. The van der Waals surface area contributed by atoms with Gasteiger partial charge in [0.15, 0.2) is 5.82 Å². The molecule has 19 heavy (non-hydrogen) atoms. The van der Waals surface area contributed by atoms with Gasteiger partial charge < -0.3 is 16.0 Å². The Morgan fingerprint density at radius 3 is 2.58 bits per heavy atom. The van der Waals surface area contributed by atoms with Crippen LogP contribution in [0.3, 0.4) is 0 Å². The van der Waals surface area contributed by atoms with Gasteiger partial charge in [0, 0.05) is 19.1 Å². The second-order valence-electron chi connectivity index (χ2n) is 6.05. The van der Waals surface area contributed by atoms with E-state index in [4.69, 9.17) is 10.7 Å². The number of rotatable bonds is 3. The number of aromatic nitrogens is 1. The van der Waals surface area contributed by atoms with E-state index in [0.717, 1.165) is 36.3 Å². The summed E-state index contributed by atoms with van der Waals surface area (Å²) in [6.45, 7) is 4.55. The molecule has 2 aliphatic rings. The van der Waals surface area contributed by atoms with E-state index in [1.807, 2.05) is 6.07 Å². The first kappa shape index (κ1) is 12.6. The van der Waals surface area contributed by atoms with E-state index in [-0.39, 0.29) is 0 Å². The van der Waals surface area contributed by atoms with Gasteiger partial charge in [-0.05, 0) is 50.2 Å². The van der Waals surface area contributed by atoms with Crippen LogP contribution in [-0.4, -0.2) is 24.1 Å². The number of nitrogen functional groups attached to an aromatic ring is 1. The van der Waals surface area contributed by atoms with Crippen molar-refractivity contribution >= 4 is 17.3 Å². The van der Waals surface area contributed by atoms with Crippen molar-refractivity contribution in [1.82, 2.24) is 4.98 Å². The van der Waals surface area contributed by atoms with Gasteiger partial charge in [-0.2, -0.15) is 0 Å². The summed E-state index contributed by atoms with van der Waals surface area (Å²) in [4.78, 5) is 7.11. The molecule has 1 aromatic heterocycles. The van der Waals surface area contributed by atoms with Gasteiger partial charge in [-0.15, -0.1) is 0 Å². The normalized spacial score (nSPS) is 21.2. The molecular weight excluding hydrogens is 236 g/mol. The summed E-state index contributed by atoms with van der Waals surface area (Å²) in [6.07, 6.45) is 6.33. The third-order valence-corrected chi connectivity index (χ3v) is 4.47. The second-order valence-corrected chi connectivity index (χ2v) is 6.05. The van der Waals surface area contributed by atoms with Crippen molar-refractivity contribution < 1.29 is 0 Å². The van der Waals surface area contributed by atoms with E-state index in [1.54, 1.807) is 0 Å². The van der Waals surface area contributed by atoms with E-state index < -0.39 is 0 Å². The molecule has 4 heteroatoms. The Morgan fingerprint density at radius 2 is 1.95 bits per heavy atom. The summed E-state index contributed by atoms with van der Waals surface area (Å²) in [6, 6.07) is 4.62. The average Bonchev–Trinajstić information content (AvgIpc) is 2.37. The second kappa shape index (κ2) is 5.27. The summed E-state index contributed by atoms with van der Waals surface area (Å²) in [5.41, 5.74) is 6.79. The lowest BCUT2D eigenvalue weighted by atomic mass is 9.93. The Kier molecular flexibility index (Phi) is 3.49. The number of nitrogens with zero attached hydrogens (tertiary/aromatic N) is 2. The molecule has 2 heterocycles. The fraction of sp³-hybridized carbons (Fsp3) is 0.667. The lowest BCUT2D eigenvalue weighted by Gasteiger charge is -2.32. The molecule has 0 bridgehead atoms. The summed E-state index contributed by atoms with van der Waals surface area (Å²) in [7, 11) is 0. The van der Waals surface area contributed by atoms with Crippen LogP contribution in [0.4, 0.5) is 17.3 Å². The van der Waals surface area contributed by atoms with E-state index in [0.29, 0.717) is 6.04 Å². The van der Waals surface area contributed by atoms with E-state index in [1.165, 1.54) is 32.1 Å². The molecule has 1 saturated heterocycles. The first-order chi connectivity index (χ1) is 9.22. The molecule has 1 saturated carbocycles. The fourth-order valence-electron chi connectivity index (χ4n) is 2.73. The number of pyridine rings is 1. The van der Waals surface area contributed by atoms with Gasteiger partial charge in [0.25, 0.3) is 0 Å². The highest BCUT2D eigenvalue weighted by Crippen LogP contribution is 2.28. The molecule has 1 aromatic rings. The summed E-state index contributed by atoms with van der Waals surface area (Å²) in [5.74, 6) is 2.79. The van der Waals surface area contributed by atoms with Gasteiger partial charge in [-0.1, -0.05) is 6.92 Å². The number of nitrogens with two attached hydrogens (primary N) is 1. The van der Waals surface area contributed by atoms with Crippen molar-refractivity contribution in [3.8, 4) is 0 Å². The van der Waals surface area contributed by atoms with E-state index >= 15 is 0 Å². The average molecular weight is 260 g/mol. The van der Waals surface area contributed by atoms with Crippen molar-refractivity contribution in [1.29, 1.82) is 0 Å². The van der Waals surface area contributed by atoms with Gasteiger partial charge in [0.2, 0.25) is 0 Å². The maximum atomic E-state index is 6.02. The lowest BCUT2D eigenvalue weighted by molar-refractivity contribution is 0.435. The molecule has 0 radical (unpaired) electrons. The molecule has 3 N–H and O–H groups in total. The zero-order chi connectivity index (χ0) is 13.2. The lowest BCUT2D eigenvalue weighted by Crippen LogP contribution is -2.34. The Bertz CT molecular complexity index is 434. The van der Waals surface area contributed by atoms with Crippen LogP contribution in [0.1, 0.15) is 39.0 Å². The molecule has 0 unspecified atom stereocenters. The van der Waals surface area contributed by atoms with Crippen LogP contribution in [0.5, 0.6) is 0 Å². The smallest absolute Gasteiger partial charge is 0.151 e. The Labute approximate surface area is 115 Å². The SMILES string of the molecule is CC1CCN(c2ccc(N)c(NC3CCC3)n2)CC1. The molecule has 0 spiro atoms. The third-order valence-electron chi connectivity index (χ3n) is 4.47. The van der Waals surface area contributed by atoms with Crippen LogP contribution in [0.2, 0.25) is 0 Å². The van der Waals surface area contributed by atoms with Crippen molar-refractivity contribution in [2.75, 3.05) is 29.0 Å². The molecule has 1 aliphatic heterocycles. The van der Waals surface area contributed by atoms with Crippen LogP contribution in [0, 0.1) is 5.92 Å². The van der Waals surface area contributed by atoms with Crippen molar-refractivity contribution in [2.45, 2.75) is 45.1 Å². The number of piperidine rings is 1. The first-order valence-corrected chi connectivity index (χ1v) is 7.50. The van der Waals surface area contributed by atoms with Crippen LogP contribution in [0.25, 0.3) is 0 Å². The zero-order valence-electron chi connectivity index (χ0n) is 11.7. The minimum atomic E-state index is 0.575. The highest BCUT2D eigenvalue weighted by Gasteiger charge is 2.20. The predicted octanol–water partition coefficient (Wildman–Crippen LogP) is 2.86. The Morgan fingerprint density at radius 1 is 1.21 bits per heavy atom. The number of anilines is 3. The van der Waals surface area contributed by atoms with Crippen molar-refractivity contribution in [2.24, 2.45) is 5.92 Å². The van der Waals surface area contributed by atoms with Crippen LogP contribution in [0.15, 0.2) is 12.1 Å². The van der Waals surface area contributed by atoms with Gasteiger partial charge in [0.05, 0.1) is 5.69 Å². The van der Waals surface area contributed by atoms with Crippen LogP contribution >= 0.6 is 0 Å². The van der Waals surface area contributed by atoms with Gasteiger partial charge in [-0.3, -0.25) is 0 Å². The van der Waals surface area contributed by atoms with Gasteiger partial charge in [-0.25, -0.2) is 4.98 Å². The first-order valence-electron chi connectivity index (χ1n) is 7.50. The standard InChI is InChI=1S/C15H24N4/c1-11-7-9-19(10-8-11)14-6-5-13(16)15(18-14)17-12-3-2-4-12/h5-6,11-12H,2-4,7-10,16H2,1H3,(H,17,18). The zero-order valence-corrected chi connectivity index (χ0v) is 11.7. The maximum Gasteiger partial charge on any atom is 0.151 e. The van der Waals surface area contributed by atoms with Crippen LogP contribution < -0.4 is 16.0 Å². The molecule has 104 valence electrons. The molecule has 1 aliphatic carbocycles. The summed E-state index contributed by atoms with van der Waals surface area (Å²) in [5, 5.41) is 3.47. The molecule has 0 amide bonds. The minimum absolute atomic E-state index is 0.575. The largest absolute Gasteiger partial charge is 0.396 e. The van der Waals surface area contributed by atoms with E-state index in [2.05, 4.69) is 23.2 Å². The topological polar surface area (TPSA) is 54.2 Å². The highest BCUT2D eigenvalue weighted by atomic mass is 15.2. The third kappa shape index (κ3) is 2.77. The molecule has 3 rings (SSSR count). The Hall–Kier alpha value is -1.45. The monoisotopic (exact) mass is 260 g/mol. The minimum Gasteiger partial charge on any atom is -0.396 e. The van der Waals surface area contributed by atoms with Crippen molar-refractivity contribution in [3.05, 3.63) is 12.1 Å². The number of hydrogen-bond acceptors (Lipinski definition) is 4. The van der Waals surface area contributed by atoms with Gasteiger partial charge in [0.1, 0.15) is 5.82 Å². The van der Waals surface area contributed by atoms with Crippen molar-refractivity contribution in [3.63, 3.8) is 0 Å². The Balaban J connectivity index is 1.72. The molecule has 4 nitrogen and oxygen atoms in total. The highest BCUT2D eigenvalue weighted by molar-refractivity contribution is 5.65. The predicted molar refractivity (Wildman–Crippen MR) is 80.5 cm³/mol. The molecular formula is C15H24N4. The number of hydrogen-bond donors (Lipinski definition) is 2. The summed E-state index contributed by atoms with van der Waals surface area (Å²) >= 11 is 0. The summed E-state index contributed by atoms with van der Waals surface area (Å²) < 4.78 is 0. The van der Waals surface area contributed by atoms with Crippen LogP contribution in [-0.2, 0) is 0 Å². The molecule has 0 atom stereocenters. The van der Waals surface area contributed by atoms with Gasteiger partial charge >= 0.3 is 0 Å². The molecule has 0 aromatic carbocycles. The quantitative estimate of drug-likeness (QED) is 0.877.